The van der Waals surface area contributed by atoms with Crippen molar-refractivity contribution in [2.75, 3.05) is 5.32 Å². The van der Waals surface area contributed by atoms with Gasteiger partial charge in [0.05, 0.1) is 0 Å². The van der Waals surface area contributed by atoms with E-state index in [0.29, 0.717) is 16.6 Å². The van der Waals surface area contributed by atoms with Crippen LogP contribution in [0.25, 0.3) is 0 Å². The molecule has 1 saturated carbocycles. The Balaban J connectivity index is 1.75. The van der Waals surface area contributed by atoms with Crippen LogP contribution in [0, 0.1) is 0 Å². The number of anilines is 1. The Kier molecular flexibility index (Phi) is 3.38. The number of halogens is 2. The van der Waals surface area contributed by atoms with Crippen molar-refractivity contribution >= 4 is 45.6 Å². The minimum atomic E-state index is -0.329. The van der Waals surface area contributed by atoms with Crippen LogP contribution in [0.1, 0.15) is 34.1 Å². The maximum Gasteiger partial charge on any atom is 0.257 e. The van der Waals surface area contributed by atoms with Crippen LogP contribution in [0.15, 0.2) is 12.1 Å². The third-order valence-corrected chi connectivity index (χ3v) is 4.00. The first-order valence-corrected chi connectivity index (χ1v) is 7.17. The Bertz CT molecular complexity index is 621. The molecule has 8 heteroatoms. The highest BCUT2D eigenvalue weighted by molar-refractivity contribution is 7.15. The Morgan fingerprint density at radius 3 is 2.58 bits per heavy atom. The van der Waals surface area contributed by atoms with Gasteiger partial charge >= 0.3 is 0 Å². The second kappa shape index (κ2) is 5.03. The number of hydrogen-bond donors (Lipinski definition) is 1. The molecule has 0 spiro atoms. The van der Waals surface area contributed by atoms with Crippen molar-refractivity contribution in [3.8, 4) is 0 Å². The summed E-state index contributed by atoms with van der Waals surface area (Å²) in [6.07, 6.45) is 2.30. The lowest BCUT2D eigenvalue weighted by Crippen LogP contribution is -2.12. The number of pyridine rings is 1. The smallest absolute Gasteiger partial charge is 0.257 e. The van der Waals surface area contributed by atoms with E-state index in [9.17, 15) is 4.79 Å². The first-order valence-electron chi connectivity index (χ1n) is 5.59. The minimum absolute atomic E-state index is 0.175. The lowest BCUT2D eigenvalue weighted by Gasteiger charge is -2.01. The fourth-order valence-electron chi connectivity index (χ4n) is 1.55. The Hall–Kier alpha value is -1.24. The zero-order valence-electron chi connectivity index (χ0n) is 9.56. The number of amides is 1. The van der Waals surface area contributed by atoms with Gasteiger partial charge in [-0.1, -0.05) is 34.5 Å². The monoisotopic (exact) mass is 314 g/mol. The maximum atomic E-state index is 12.0. The Morgan fingerprint density at radius 1 is 1.26 bits per heavy atom. The zero-order valence-corrected chi connectivity index (χ0v) is 11.9. The van der Waals surface area contributed by atoms with E-state index in [1.807, 2.05) is 0 Å². The first-order chi connectivity index (χ1) is 9.11. The van der Waals surface area contributed by atoms with Gasteiger partial charge in [-0.05, 0) is 25.0 Å². The van der Waals surface area contributed by atoms with E-state index in [2.05, 4.69) is 20.5 Å². The molecule has 19 heavy (non-hydrogen) atoms. The molecular formula is C11H8Cl2N4OS. The van der Waals surface area contributed by atoms with Crippen LogP contribution in [-0.4, -0.2) is 21.1 Å². The first kappa shape index (κ1) is 12.8. The third-order valence-electron chi connectivity index (χ3n) is 2.61. The normalized spacial score (nSPS) is 14.4. The molecule has 0 unspecified atom stereocenters. The molecular weight excluding hydrogens is 307 g/mol. The molecule has 0 bridgehead atoms. The molecule has 3 rings (SSSR count). The summed E-state index contributed by atoms with van der Waals surface area (Å²) in [5.41, 5.74) is 0.341. The van der Waals surface area contributed by atoms with E-state index < -0.39 is 0 Å². The standard InChI is InChI=1S/C11H8Cl2N4OS/c12-7-3-6(4-8(13)14-7)9(18)15-11-17-16-10(19-11)5-1-2-5/h3-5H,1-2H2,(H,15,17,18). The number of carbonyl (C=O) groups excluding carboxylic acids is 1. The summed E-state index contributed by atoms with van der Waals surface area (Å²) in [5.74, 6) is 0.192. The highest BCUT2D eigenvalue weighted by Gasteiger charge is 2.27. The summed E-state index contributed by atoms with van der Waals surface area (Å²) < 4.78 is 0. The van der Waals surface area contributed by atoms with Crippen LogP contribution in [0.3, 0.4) is 0 Å². The van der Waals surface area contributed by atoms with Crippen molar-refractivity contribution in [1.29, 1.82) is 0 Å². The van der Waals surface area contributed by atoms with Gasteiger partial charge < -0.3 is 0 Å². The van der Waals surface area contributed by atoms with Crippen LogP contribution in [0.4, 0.5) is 5.13 Å². The molecule has 1 aliphatic carbocycles. The molecule has 0 aromatic carbocycles. The molecule has 1 fully saturated rings. The van der Waals surface area contributed by atoms with Gasteiger partial charge in [0.25, 0.3) is 5.91 Å². The van der Waals surface area contributed by atoms with Crippen LogP contribution >= 0.6 is 34.5 Å². The van der Waals surface area contributed by atoms with Crippen molar-refractivity contribution in [2.24, 2.45) is 0 Å². The summed E-state index contributed by atoms with van der Waals surface area (Å²) in [6.45, 7) is 0. The van der Waals surface area contributed by atoms with Gasteiger partial charge in [-0.3, -0.25) is 10.1 Å². The summed E-state index contributed by atoms with van der Waals surface area (Å²) in [6, 6.07) is 2.90. The molecule has 1 N–H and O–H groups in total. The van der Waals surface area contributed by atoms with E-state index in [-0.39, 0.29) is 16.2 Å². The quantitative estimate of drug-likeness (QED) is 0.882. The number of hydrogen-bond acceptors (Lipinski definition) is 5. The van der Waals surface area contributed by atoms with Crippen molar-refractivity contribution < 1.29 is 4.79 Å². The highest BCUT2D eigenvalue weighted by atomic mass is 35.5. The van der Waals surface area contributed by atoms with Crippen LogP contribution in [0.2, 0.25) is 10.3 Å². The zero-order chi connectivity index (χ0) is 13.4. The topological polar surface area (TPSA) is 67.8 Å². The Morgan fingerprint density at radius 2 is 1.95 bits per heavy atom. The van der Waals surface area contributed by atoms with Gasteiger partial charge in [0, 0.05) is 11.5 Å². The number of aromatic nitrogens is 3. The fourth-order valence-corrected chi connectivity index (χ4v) is 2.91. The molecule has 0 radical (unpaired) electrons. The van der Waals surface area contributed by atoms with Crippen molar-refractivity contribution in [2.45, 2.75) is 18.8 Å². The van der Waals surface area contributed by atoms with E-state index in [1.54, 1.807) is 0 Å². The van der Waals surface area contributed by atoms with E-state index in [1.165, 1.54) is 23.5 Å². The van der Waals surface area contributed by atoms with Gasteiger partial charge in [0.15, 0.2) is 0 Å². The molecule has 2 aromatic heterocycles. The molecule has 0 aliphatic heterocycles. The summed E-state index contributed by atoms with van der Waals surface area (Å²) in [7, 11) is 0. The van der Waals surface area contributed by atoms with E-state index in [4.69, 9.17) is 23.2 Å². The SMILES string of the molecule is O=C(Nc1nnc(C2CC2)s1)c1cc(Cl)nc(Cl)c1. The van der Waals surface area contributed by atoms with Gasteiger partial charge in [0.2, 0.25) is 5.13 Å². The molecule has 2 heterocycles. The number of nitrogens with one attached hydrogen (secondary N) is 1. The lowest BCUT2D eigenvalue weighted by atomic mass is 10.2. The number of carbonyl (C=O) groups is 1. The predicted molar refractivity (Wildman–Crippen MR) is 74.1 cm³/mol. The Labute approximate surface area is 123 Å². The van der Waals surface area contributed by atoms with Gasteiger partial charge in [-0.25, -0.2) is 4.98 Å². The van der Waals surface area contributed by atoms with Gasteiger partial charge in [-0.2, -0.15) is 0 Å². The molecule has 98 valence electrons. The number of nitrogens with zero attached hydrogens (tertiary/aromatic N) is 3. The molecule has 0 atom stereocenters. The molecule has 5 nitrogen and oxygen atoms in total. The van der Waals surface area contributed by atoms with Crippen molar-refractivity contribution in [3.63, 3.8) is 0 Å². The van der Waals surface area contributed by atoms with Crippen LogP contribution < -0.4 is 5.32 Å². The third kappa shape index (κ3) is 3.02. The maximum absolute atomic E-state index is 12.0. The average molecular weight is 315 g/mol. The fraction of sp³-hybridized carbons (Fsp3) is 0.273. The number of rotatable bonds is 3. The van der Waals surface area contributed by atoms with Crippen LogP contribution in [0.5, 0.6) is 0 Å². The van der Waals surface area contributed by atoms with Crippen LogP contribution in [-0.2, 0) is 0 Å². The average Bonchev–Trinajstić information content (AvgIpc) is 3.09. The van der Waals surface area contributed by atoms with E-state index in [0.717, 1.165) is 17.8 Å². The van der Waals surface area contributed by atoms with Crippen molar-refractivity contribution in [3.05, 3.63) is 33.0 Å². The molecule has 1 aliphatic rings. The summed E-state index contributed by atoms with van der Waals surface area (Å²) in [4.78, 5) is 15.8. The van der Waals surface area contributed by atoms with Crippen molar-refractivity contribution in [1.82, 2.24) is 15.2 Å². The molecule has 2 aromatic rings. The minimum Gasteiger partial charge on any atom is -0.296 e. The molecule has 0 saturated heterocycles. The largest absolute Gasteiger partial charge is 0.296 e. The lowest BCUT2D eigenvalue weighted by molar-refractivity contribution is 0.102. The second-order valence-electron chi connectivity index (χ2n) is 4.18. The predicted octanol–water partition coefficient (Wildman–Crippen LogP) is 3.37. The highest BCUT2D eigenvalue weighted by Crippen LogP contribution is 2.42. The second-order valence-corrected chi connectivity index (χ2v) is 5.96. The summed E-state index contributed by atoms with van der Waals surface area (Å²) in [5, 5.41) is 12.5. The van der Waals surface area contributed by atoms with Gasteiger partial charge in [-0.15, -0.1) is 10.2 Å². The molecule has 1 amide bonds. The van der Waals surface area contributed by atoms with Gasteiger partial charge in [0.1, 0.15) is 15.3 Å². The van der Waals surface area contributed by atoms with E-state index >= 15 is 0 Å². The summed E-state index contributed by atoms with van der Waals surface area (Å²) >= 11 is 12.9.